The van der Waals surface area contributed by atoms with E-state index in [9.17, 15) is 20.1 Å². The zero-order chi connectivity index (χ0) is 19.4. The van der Waals surface area contributed by atoms with Crippen LogP contribution in [0, 0.1) is 5.92 Å². The zero-order valence-electron chi connectivity index (χ0n) is 15.9. The fourth-order valence-corrected chi connectivity index (χ4v) is 3.43. The molecule has 0 radical (unpaired) electrons. The molecule has 6 heteroatoms. The molecule has 26 heavy (non-hydrogen) atoms. The maximum atomic E-state index is 10.5. The minimum Gasteiger partial charge on any atom is -0.481 e. The molecule has 0 amide bonds. The maximum absolute atomic E-state index is 10.5. The van der Waals surface area contributed by atoms with E-state index in [1.54, 1.807) is 12.2 Å². The third kappa shape index (κ3) is 9.67. The van der Waals surface area contributed by atoms with Crippen molar-refractivity contribution < 1.29 is 30.0 Å². The molecule has 0 saturated carbocycles. The predicted molar refractivity (Wildman–Crippen MR) is 99.6 cm³/mol. The molecular weight excluding hydrogens is 336 g/mol. The first-order chi connectivity index (χ1) is 12.4. The summed E-state index contributed by atoms with van der Waals surface area (Å²) in [5.41, 5.74) is 0. The molecule has 1 unspecified atom stereocenters. The second-order valence-corrected chi connectivity index (χ2v) is 7.32. The van der Waals surface area contributed by atoms with Crippen LogP contribution in [0.2, 0.25) is 0 Å². The summed E-state index contributed by atoms with van der Waals surface area (Å²) < 4.78 is 5.57. The number of aliphatic hydroxyl groups is 3. The molecule has 4 N–H and O–H groups in total. The summed E-state index contributed by atoms with van der Waals surface area (Å²) in [7, 11) is 0. The highest BCUT2D eigenvalue weighted by Gasteiger charge is 2.35. The Morgan fingerprint density at radius 3 is 2.58 bits per heavy atom. The summed E-state index contributed by atoms with van der Waals surface area (Å²) >= 11 is 0. The van der Waals surface area contributed by atoms with E-state index >= 15 is 0 Å². The molecule has 6 nitrogen and oxygen atoms in total. The van der Waals surface area contributed by atoms with Crippen LogP contribution < -0.4 is 0 Å². The van der Waals surface area contributed by atoms with Gasteiger partial charge >= 0.3 is 5.97 Å². The largest absolute Gasteiger partial charge is 0.481 e. The Bertz CT molecular complexity index is 411. The van der Waals surface area contributed by atoms with E-state index in [0.717, 1.165) is 44.9 Å². The van der Waals surface area contributed by atoms with E-state index < -0.39 is 30.6 Å². The number of carboxylic acid groups (broad SMARTS) is 1. The van der Waals surface area contributed by atoms with Gasteiger partial charge in [-0.1, -0.05) is 57.6 Å². The number of aliphatic carboxylic acids is 1. The van der Waals surface area contributed by atoms with E-state index in [-0.39, 0.29) is 18.8 Å². The third-order valence-corrected chi connectivity index (χ3v) is 4.98. The van der Waals surface area contributed by atoms with Crippen LogP contribution in [0.15, 0.2) is 12.2 Å². The monoisotopic (exact) mass is 372 g/mol. The Labute approximate surface area is 156 Å². The highest BCUT2D eigenvalue weighted by atomic mass is 16.6. The highest BCUT2D eigenvalue weighted by molar-refractivity contribution is 5.66. The van der Waals surface area contributed by atoms with Crippen LogP contribution in [0.4, 0.5) is 0 Å². The lowest BCUT2D eigenvalue weighted by atomic mass is 9.85. The van der Waals surface area contributed by atoms with E-state index in [1.165, 1.54) is 0 Å². The van der Waals surface area contributed by atoms with Crippen LogP contribution in [0.25, 0.3) is 0 Å². The topological polar surface area (TPSA) is 107 Å². The van der Waals surface area contributed by atoms with Gasteiger partial charge in [-0.3, -0.25) is 4.79 Å². The van der Waals surface area contributed by atoms with Crippen LogP contribution in [-0.4, -0.2) is 51.0 Å². The second-order valence-electron chi connectivity index (χ2n) is 7.32. The molecule has 1 aliphatic heterocycles. The first-order valence-corrected chi connectivity index (χ1v) is 10.0. The minimum absolute atomic E-state index is 0.114. The van der Waals surface area contributed by atoms with Gasteiger partial charge in [-0.2, -0.15) is 0 Å². The standard InChI is InChI=1S/C20H36O6/c1-2-3-6-9-15(21)12-13-18-16(17(22)14-20(25)26-18)10-7-4-5-8-11-19(23)24/h12-13,15-18,20-22,25H,2-11,14H2,1H3,(H,23,24)/t15-,16-,17-,18+,20?/m0/s1. The number of carboxylic acids is 1. The molecule has 0 aromatic heterocycles. The fourth-order valence-electron chi connectivity index (χ4n) is 3.43. The Hall–Kier alpha value is -0.950. The molecule has 0 aromatic carbocycles. The van der Waals surface area contributed by atoms with E-state index in [0.29, 0.717) is 12.8 Å². The summed E-state index contributed by atoms with van der Waals surface area (Å²) in [6.45, 7) is 2.12. The zero-order valence-corrected chi connectivity index (χ0v) is 15.9. The second kappa shape index (κ2) is 13.3. The lowest BCUT2D eigenvalue weighted by Gasteiger charge is -2.37. The van der Waals surface area contributed by atoms with Crippen molar-refractivity contribution in [2.75, 3.05) is 0 Å². The lowest BCUT2D eigenvalue weighted by Crippen LogP contribution is -2.43. The molecule has 0 aromatic rings. The number of rotatable bonds is 13. The quantitative estimate of drug-likeness (QED) is 0.292. The number of hydrogen-bond donors (Lipinski definition) is 4. The third-order valence-electron chi connectivity index (χ3n) is 4.98. The van der Waals surface area contributed by atoms with Gasteiger partial charge in [0.25, 0.3) is 0 Å². The Balaban J connectivity index is 2.44. The SMILES string of the molecule is CCCCC[C@H](O)C=C[C@H]1OC(O)C[C@H](O)[C@@H]1CCCCCCC(=O)O. The molecule has 1 heterocycles. The normalized spacial score (nSPS) is 27.7. The van der Waals surface area contributed by atoms with Crippen molar-refractivity contribution in [2.24, 2.45) is 5.92 Å². The Morgan fingerprint density at radius 1 is 1.15 bits per heavy atom. The van der Waals surface area contributed by atoms with Gasteiger partial charge < -0.3 is 25.2 Å². The Morgan fingerprint density at radius 2 is 1.88 bits per heavy atom. The van der Waals surface area contributed by atoms with Gasteiger partial charge in [0.15, 0.2) is 6.29 Å². The van der Waals surface area contributed by atoms with Crippen LogP contribution in [0.3, 0.4) is 0 Å². The molecule has 1 fully saturated rings. The van der Waals surface area contributed by atoms with Gasteiger partial charge in [-0.05, 0) is 19.3 Å². The number of unbranched alkanes of at least 4 members (excludes halogenated alkanes) is 5. The fraction of sp³-hybridized carbons (Fsp3) is 0.850. The van der Waals surface area contributed by atoms with Crippen molar-refractivity contribution in [1.82, 2.24) is 0 Å². The first kappa shape index (κ1) is 23.1. The summed E-state index contributed by atoms with van der Waals surface area (Å²) in [6, 6.07) is 0. The maximum Gasteiger partial charge on any atom is 0.303 e. The highest BCUT2D eigenvalue weighted by Crippen LogP contribution is 2.30. The summed E-state index contributed by atoms with van der Waals surface area (Å²) in [5, 5.41) is 38.7. The van der Waals surface area contributed by atoms with Gasteiger partial charge in [0, 0.05) is 18.8 Å². The summed E-state index contributed by atoms with van der Waals surface area (Å²) in [4.78, 5) is 10.5. The van der Waals surface area contributed by atoms with Gasteiger partial charge in [0.2, 0.25) is 0 Å². The molecule has 1 aliphatic rings. The van der Waals surface area contributed by atoms with Crippen LogP contribution >= 0.6 is 0 Å². The smallest absolute Gasteiger partial charge is 0.303 e. The number of ether oxygens (including phenoxy) is 1. The minimum atomic E-state index is -0.983. The van der Waals surface area contributed by atoms with E-state index in [2.05, 4.69) is 6.92 Å². The summed E-state index contributed by atoms with van der Waals surface area (Å²) in [6.07, 6.45) is 9.27. The predicted octanol–water partition coefficient (Wildman–Crippen LogP) is 2.99. The number of aliphatic hydroxyl groups excluding tert-OH is 3. The van der Waals surface area contributed by atoms with Crippen molar-refractivity contribution in [3.05, 3.63) is 12.2 Å². The van der Waals surface area contributed by atoms with Crippen molar-refractivity contribution in [2.45, 2.75) is 102 Å². The van der Waals surface area contributed by atoms with Crippen LogP contribution in [0.1, 0.15) is 77.6 Å². The van der Waals surface area contributed by atoms with Gasteiger partial charge in [-0.15, -0.1) is 0 Å². The molecule has 0 spiro atoms. The number of hydrogen-bond acceptors (Lipinski definition) is 5. The average Bonchev–Trinajstić information content (AvgIpc) is 2.57. The van der Waals surface area contributed by atoms with Crippen molar-refractivity contribution in [1.29, 1.82) is 0 Å². The van der Waals surface area contributed by atoms with Gasteiger partial charge in [-0.25, -0.2) is 0 Å². The lowest BCUT2D eigenvalue weighted by molar-refractivity contribution is -0.201. The number of carbonyl (C=O) groups is 1. The molecule has 1 saturated heterocycles. The van der Waals surface area contributed by atoms with Crippen molar-refractivity contribution >= 4 is 5.97 Å². The molecule has 5 atom stereocenters. The van der Waals surface area contributed by atoms with E-state index in [1.807, 2.05) is 0 Å². The molecule has 1 rings (SSSR count). The van der Waals surface area contributed by atoms with Crippen LogP contribution in [0.5, 0.6) is 0 Å². The Kier molecular flexibility index (Phi) is 11.8. The molecule has 152 valence electrons. The van der Waals surface area contributed by atoms with Crippen molar-refractivity contribution in [3.8, 4) is 0 Å². The van der Waals surface area contributed by atoms with E-state index in [4.69, 9.17) is 9.84 Å². The summed E-state index contributed by atoms with van der Waals surface area (Å²) in [5.74, 6) is -0.880. The molecule has 0 aliphatic carbocycles. The van der Waals surface area contributed by atoms with Crippen molar-refractivity contribution in [3.63, 3.8) is 0 Å². The van der Waals surface area contributed by atoms with Gasteiger partial charge in [0.1, 0.15) is 0 Å². The molecular formula is C20H36O6. The van der Waals surface area contributed by atoms with Crippen LogP contribution in [-0.2, 0) is 9.53 Å². The average molecular weight is 373 g/mol. The molecule has 0 bridgehead atoms. The van der Waals surface area contributed by atoms with Gasteiger partial charge in [0.05, 0.1) is 18.3 Å². The first-order valence-electron chi connectivity index (χ1n) is 10.0.